The van der Waals surface area contributed by atoms with Crippen molar-refractivity contribution in [2.24, 2.45) is 0 Å². The maximum absolute atomic E-state index is 12.6. The third-order valence-corrected chi connectivity index (χ3v) is 4.97. The van der Waals surface area contributed by atoms with Crippen LogP contribution >= 0.6 is 7.60 Å². The Kier molecular flexibility index (Phi) is 9.12. The van der Waals surface area contributed by atoms with E-state index in [0.717, 1.165) is 0 Å². The summed E-state index contributed by atoms with van der Waals surface area (Å²) in [5, 5.41) is 1.57. The summed E-state index contributed by atoms with van der Waals surface area (Å²) in [6.07, 6.45) is -11.8. The van der Waals surface area contributed by atoms with Gasteiger partial charge in [0.05, 0.1) is 7.11 Å². The Bertz CT molecular complexity index is 734. The molecule has 0 fully saturated rings. The number of carbonyl (C=O) groups excluding carboxylic acids is 2. The molecule has 0 aliphatic carbocycles. The van der Waals surface area contributed by atoms with Gasteiger partial charge < -0.3 is 9.47 Å². The van der Waals surface area contributed by atoms with Crippen LogP contribution in [0.3, 0.4) is 0 Å². The van der Waals surface area contributed by atoms with Gasteiger partial charge in [-0.2, -0.15) is 26.3 Å². The van der Waals surface area contributed by atoms with Crippen molar-refractivity contribution in [2.45, 2.75) is 24.7 Å². The van der Waals surface area contributed by atoms with Gasteiger partial charge >= 0.3 is 32.0 Å². The first kappa shape index (κ1) is 25.7. The minimum Gasteiger partial charge on any atom is -0.467 e. The number of benzene rings is 1. The fourth-order valence-electron chi connectivity index (χ4n) is 1.77. The molecule has 0 aliphatic heterocycles. The van der Waals surface area contributed by atoms with Gasteiger partial charge in [-0.1, -0.05) is 30.3 Å². The summed E-state index contributed by atoms with van der Waals surface area (Å²) in [6.45, 7) is -5.02. The zero-order valence-corrected chi connectivity index (χ0v) is 16.1. The monoisotopic (exact) mass is 467 g/mol. The van der Waals surface area contributed by atoms with E-state index < -0.39 is 51.0 Å². The molecule has 170 valence electrons. The van der Waals surface area contributed by atoms with E-state index in [0.29, 0.717) is 12.7 Å². The molecule has 1 N–H and O–H groups in total. The summed E-state index contributed by atoms with van der Waals surface area (Å²) in [7, 11) is -4.89. The molecule has 0 aliphatic rings. The molecule has 1 atom stereocenters. The largest absolute Gasteiger partial charge is 0.467 e. The van der Waals surface area contributed by atoms with Crippen LogP contribution in [-0.2, 0) is 34.5 Å². The standard InChI is InChI=1S/C15H16F6NO7P/c1-26-12(23)11(22-13(24)27-7-10-5-3-2-4-6-10)30(25,28-8-14(16,17)18)29-9-15(19,20)21/h2-6,11H,7-9H2,1H3,(H,22,24). The van der Waals surface area contributed by atoms with Crippen LogP contribution in [0.1, 0.15) is 5.56 Å². The van der Waals surface area contributed by atoms with Crippen molar-refractivity contribution in [1.29, 1.82) is 0 Å². The predicted octanol–water partition coefficient (Wildman–Crippen LogP) is 3.76. The van der Waals surface area contributed by atoms with Crippen molar-refractivity contribution in [2.75, 3.05) is 20.3 Å². The van der Waals surface area contributed by atoms with Crippen LogP contribution in [0.2, 0.25) is 0 Å². The van der Waals surface area contributed by atoms with Crippen LogP contribution in [0, 0.1) is 0 Å². The molecule has 0 heterocycles. The van der Waals surface area contributed by atoms with Crippen LogP contribution in [0.4, 0.5) is 31.1 Å². The molecule has 0 spiro atoms. The summed E-state index contributed by atoms with van der Waals surface area (Å²) in [4.78, 5) is 23.7. The number of esters is 1. The zero-order chi connectivity index (χ0) is 23.0. The van der Waals surface area contributed by atoms with Crippen molar-refractivity contribution in [1.82, 2.24) is 5.32 Å². The van der Waals surface area contributed by atoms with E-state index in [1.54, 1.807) is 23.5 Å². The molecule has 1 rings (SSSR count). The molecule has 1 unspecified atom stereocenters. The highest BCUT2D eigenvalue weighted by Crippen LogP contribution is 2.54. The van der Waals surface area contributed by atoms with Crippen molar-refractivity contribution >= 4 is 19.7 Å². The molecule has 0 saturated carbocycles. The number of methoxy groups -OCH3 is 1. The van der Waals surface area contributed by atoms with Gasteiger partial charge in [0, 0.05) is 0 Å². The van der Waals surface area contributed by atoms with Gasteiger partial charge in [0.25, 0.3) is 0 Å². The quantitative estimate of drug-likeness (QED) is 0.335. The van der Waals surface area contributed by atoms with Gasteiger partial charge in [0.2, 0.25) is 5.78 Å². The zero-order valence-electron chi connectivity index (χ0n) is 15.2. The Labute approximate surface area is 165 Å². The predicted molar refractivity (Wildman–Crippen MR) is 87.2 cm³/mol. The Hall–Kier alpha value is -2.31. The van der Waals surface area contributed by atoms with Gasteiger partial charge in [-0.3, -0.25) is 18.9 Å². The lowest BCUT2D eigenvalue weighted by Crippen LogP contribution is -2.43. The number of hydrogen-bond acceptors (Lipinski definition) is 7. The van der Waals surface area contributed by atoms with Crippen LogP contribution < -0.4 is 5.32 Å². The fourth-order valence-corrected chi connectivity index (χ4v) is 3.42. The van der Waals surface area contributed by atoms with Gasteiger partial charge in [-0.25, -0.2) is 9.59 Å². The number of halogens is 6. The highest BCUT2D eigenvalue weighted by atomic mass is 31.2. The van der Waals surface area contributed by atoms with E-state index in [2.05, 4.69) is 13.8 Å². The Morgan fingerprint density at radius 1 is 1.00 bits per heavy atom. The third kappa shape index (κ3) is 9.46. The van der Waals surface area contributed by atoms with Gasteiger partial charge in [0.15, 0.2) is 13.2 Å². The average molecular weight is 467 g/mol. The SMILES string of the molecule is COC(=O)C(NC(=O)OCc1ccccc1)P(=O)(OCC(F)(F)F)OCC(F)(F)F. The minimum atomic E-state index is -5.57. The van der Waals surface area contributed by atoms with Crippen LogP contribution in [0.15, 0.2) is 30.3 Å². The first-order valence-electron chi connectivity index (χ1n) is 7.83. The van der Waals surface area contributed by atoms with Crippen molar-refractivity contribution in [3.05, 3.63) is 35.9 Å². The Morgan fingerprint density at radius 2 is 1.50 bits per heavy atom. The second-order valence-corrected chi connectivity index (χ2v) is 7.56. The Morgan fingerprint density at radius 3 is 1.93 bits per heavy atom. The Balaban J connectivity index is 3.01. The van der Waals surface area contributed by atoms with Gasteiger partial charge in [0.1, 0.15) is 6.61 Å². The lowest BCUT2D eigenvalue weighted by Gasteiger charge is -2.26. The van der Waals surface area contributed by atoms with E-state index in [1.807, 2.05) is 0 Å². The second kappa shape index (κ2) is 10.6. The second-order valence-electron chi connectivity index (χ2n) is 5.45. The summed E-state index contributed by atoms with van der Waals surface area (Å²) in [5.41, 5.74) is 0.465. The van der Waals surface area contributed by atoms with E-state index in [1.165, 1.54) is 12.1 Å². The number of alkyl halides is 6. The highest BCUT2D eigenvalue weighted by molar-refractivity contribution is 7.55. The molecule has 0 radical (unpaired) electrons. The highest BCUT2D eigenvalue weighted by Gasteiger charge is 2.48. The van der Waals surface area contributed by atoms with E-state index in [4.69, 9.17) is 4.74 Å². The van der Waals surface area contributed by atoms with Crippen molar-refractivity contribution in [3.63, 3.8) is 0 Å². The van der Waals surface area contributed by atoms with Gasteiger partial charge in [-0.15, -0.1) is 0 Å². The van der Waals surface area contributed by atoms with E-state index in [9.17, 15) is 40.5 Å². The third-order valence-electron chi connectivity index (χ3n) is 3.02. The number of amides is 1. The number of nitrogens with one attached hydrogen (secondary N) is 1. The topological polar surface area (TPSA) is 100 Å². The maximum Gasteiger partial charge on any atom is 0.412 e. The van der Waals surface area contributed by atoms with E-state index in [-0.39, 0.29) is 6.61 Å². The summed E-state index contributed by atoms with van der Waals surface area (Å²) < 4.78 is 104. The van der Waals surface area contributed by atoms with Crippen molar-refractivity contribution < 1.29 is 59.0 Å². The molecular weight excluding hydrogens is 451 g/mol. The molecule has 1 amide bonds. The number of carbonyl (C=O) groups is 2. The smallest absolute Gasteiger partial charge is 0.412 e. The van der Waals surface area contributed by atoms with Crippen molar-refractivity contribution in [3.8, 4) is 0 Å². The number of alkyl carbamates (subject to hydrolysis) is 1. The number of hydrogen-bond donors (Lipinski definition) is 1. The molecule has 15 heteroatoms. The molecule has 0 saturated heterocycles. The maximum atomic E-state index is 12.6. The number of rotatable bonds is 9. The minimum absolute atomic E-state index is 0.377. The normalized spacial score (nSPS) is 13.4. The summed E-state index contributed by atoms with van der Waals surface area (Å²) >= 11 is 0. The molecule has 1 aromatic rings. The molecule has 0 bridgehead atoms. The van der Waals surface area contributed by atoms with Gasteiger partial charge in [-0.05, 0) is 5.56 Å². The molecule has 1 aromatic carbocycles. The van der Waals surface area contributed by atoms with Crippen LogP contribution in [-0.4, -0.2) is 50.5 Å². The number of ether oxygens (including phenoxy) is 2. The van der Waals surface area contributed by atoms with Crippen LogP contribution in [0.5, 0.6) is 0 Å². The summed E-state index contributed by atoms with van der Waals surface area (Å²) in [6, 6.07) is 7.92. The molecule has 30 heavy (non-hydrogen) atoms. The summed E-state index contributed by atoms with van der Waals surface area (Å²) in [5.74, 6) is -4.34. The first-order chi connectivity index (χ1) is 13.8. The van der Waals surface area contributed by atoms with Crippen LogP contribution in [0.25, 0.3) is 0 Å². The lowest BCUT2D eigenvalue weighted by molar-refractivity contribution is -0.167. The van der Waals surface area contributed by atoms with E-state index >= 15 is 0 Å². The molecular formula is C15H16F6NO7P. The average Bonchev–Trinajstić information content (AvgIpc) is 2.66. The lowest BCUT2D eigenvalue weighted by atomic mass is 10.2. The molecule has 0 aromatic heterocycles. The first-order valence-corrected chi connectivity index (χ1v) is 9.44. The fraction of sp³-hybridized carbons (Fsp3) is 0.467. The molecule has 8 nitrogen and oxygen atoms in total.